The average Bonchev–Trinajstić information content (AvgIpc) is 2.65. The third-order valence-corrected chi connectivity index (χ3v) is 4.70. The first-order valence-corrected chi connectivity index (χ1v) is 8.84. The van der Waals surface area contributed by atoms with E-state index in [-0.39, 0.29) is 11.7 Å². The first-order chi connectivity index (χ1) is 12.9. The minimum atomic E-state index is -0.256. The van der Waals surface area contributed by atoms with Gasteiger partial charge in [-0.25, -0.2) is 4.98 Å². The number of carbonyl (C=O) groups is 1. The first-order valence-electron chi connectivity index (χ1n) is 8.46. The molecular weight excluding hydrogens is 362 g/mol. The van der Waals surface area contributed by atoms with E-state index in [4.69, 9.17) is 22.1 Å². The fourth-order valence-electron chi connectivity index (χ4n) is 2.66. The minimum Gasteiger partial charge on any atom is -0.457 e. The summed E-state index contributed by atoms with van der Waals surface area (Å²) in [4.78, 5) is 16.1. The van der Waals surface area contributed by atoms with Crippen LogP contribution in [0.3, 0.4) is 0 Å². The number of aromatic nitrogens is 1. The number of halogens is 1. The van der Waals surface area contributed by atoms with Gasteiger partial charge in [0.15, 0.2) is 0 Å². The lowest BCUT2D eigenvalue weighted by Gasteiger charge is -2.11. The molecule has 0 saturated heterocycles. The number of ether oxygens (including phenoxy) is 1. The SMILES string of the molecule is Cc1cc(Oc2ccc(CNC(=O)c3cccnc3N)cc2)cc(C)c1Cl. The Morgan fingerprint density at radius 2 is 1.78 bits per heavy atom. The van der Waals surface area contributed by atoms with Crippen molar-refractivity contribution < 1.29 is 9.53 Å². The molecule has 1 amide bonds. The van der Waals surface area contributed by atoms with Crippen LogP contribution in [0.4, 0.5) is 5.82 Å². The van der Waals surface area contributed by atoms with Crippen LogP contribution in [0.1, 0.15) is 27.0 Å². The molecule has 3 N–H and O–H groups in total. The number of aryl methyl sites for hydroxylation is 2. The van der Waals surface area contributed by atoms with Crippen LogP contribution in [0.25, 0.3) is 0 Å². The van der Waals surface area contributed by atoms with E-state index in [2.05, 4.69) is 10.3 Å². The molecule has 27 heavy (non-hydrogen) atoms. The van der Waals surface area contributed by atoms with E-state index >= 15 is 0 Å². The highest BCUT2D eigenvalue weighted by Gasteiger charge is 2.09. The van der Waals surface area contributed by atoms with Gasteiger partial charge in [0.05, 0.1) is 5.56 Å². The molecule has 1 aromatic heterocycles. The molecule has 138 valence electrons. The summed E-state index contributed by atoms with van der Waals surface area (Å²) in [7, 11) is 0. The smallest absolute Gasteiger partial charge is 0.255 e. The summed E-state index contributed by atoms with van der Waals surface area (Å²) in [6, 6.07) is 14.7. The van der Waals surface area contributed by atoms with Crippen molar-refractivity contribution >= 4 is 23.3 Å². The summed E-state index contributed by atoms with van der Waals surface area (Å²) in [6.07, 6.45) is 1.55. The lowest BCUT2D eigenvalue weighted by atomic mass is 10.1. The predicted octanol–water partition coefficient (Wildman–Crippen LogP) is 4.66. The molecular formula is C21H20ClN3O2. The molecule has 0 bridgehead atoms. The Morgan fingerprint density at radius 1 is 1.11 bits per heavy atom. The second-order valence-electron chi connectivity index (χ2n) is 6.24. The summed E-state index contributed by atoms with van der Waals surface area (Å²) in [5.74, 6) is 1.41. The summed E-state index contributed by atoms with van der Waals surface area (Å²) in [5.41, 5.74) is 8.98. The number of amides is 1. The highest BCUT2D eigenvalue weighted by molar-refractivity contribution is 6.32. The van der Waals surface area contributed by atoms with Crippen LogP contribution >= 0.6 is 11.6 Å². The fourth-order valence-corrected chi connectivity index (χ4v) is 2.77. The Balaban J connectivity index is 1.62. The summed E-state index contributed by atoms with van der Waals surface area (Å²) in [6.45, 7) is 4.28. The summed E-state index contributed by atoms with van der Waals surface area (Å²) >= 11 is 6.19. The maximum Gasteiger partial charge on any atom is 0.255 e. The molecule has 0 spiro atoms. The van der Waals surface area contributed by atoms with Gasteiger partial charge in [-0.15, -0.1) is 0 Å². The number of benzene rings is 2. The highest BCUT2D eigenvalue weighted by atomic mass is 35.5. The van der Waals surface area contributed by atoms with Gasteiger partial charge in [0.2, 0.25) is 0 Å². The molecule has 0 saturated carbocycles. The van der Waals surface area contributed by atoms with E-state index in [1.165, 1.54) is 0 Å². The number of nitrogens with one attached hydrogen (secondary N) is 1. The highest BCUT2D eigenvalue weighted by Crippen LogP contribution is 2.29. The van der Waals surface area contributed by atoms with E-state index < -0.39 is 0 Å². The number of nitrogens with zero attached hydrogens (tertiary/aromatic N) is 1. The zero-order valence-corrected chi connectivity index (χ0v) is 15.9. The van der Waals surface area contributed by atoms with Gasteiger partial charge in [-0.2, -0.15) is 0 Å². The van der Waals surface area contributed by atoms with E-state index in [0.717, 1.165) is 27.5 Å². The second-order valence-corrected chi connectivity index (χ2v) is 6.61. The van der Waals surface area contributed by atoms with Crippen molar-refractivity contribution in [1.29, 1.82) is 0 Å². The number of nitrogens with two attached hydrogens (primary N) is 1. The van der Waals surface area contributed by atoms with Crippen molar-refractivity contribution in [1.82, 2.24) is 10.3 Å². The molecule has 0 atom stereocenters. The molecule has 3 rings (SSSR count). The largest absolute Gasteiger partial charge is 0.457 e. The van der Waals surface area contributed by atoms with Crippen LogP contribution in [-0.4, -0.2) is 10.9 Å². The van der Waals surface area contributed by atoms with Gasteiger partial charge in [0.25, 0.3) is 5.91 Å². The molecule has 0 aliphatic carbocycles. The lowest BCUT2D eigenvalue weighted by Crippen LogP contribution is -2.24. The van der Waals surface area contributed by atoms with Gasteiger partial charge >= 0.3 is 0 Å². The number of nitrogen functional groups attached to an aromatic ring is 1. The third-order valence-electron chi connectivity index (χ3n) is 4.11. The molecule has 0 radical (unpaired) electrons. The Bertz CT molecular complexity index is 948. The zero-order valence-electron chi connectivity index (χ0n) is 15.1. The Labute approximate surface area is 163 Å². The molecule has 3 aromatic rings. The van der Waals surface area contributed by atoms with Gasteiger partial charge in [0, 0.05) is 17.8 Å². The van der Waals surface area contributed by atoms with E-state index in [1.54, 1.807) is 18.3 Å². The molecule has 2 aromatic carbocycles. The number of pyridine rings is 1. The zero-order chi connectivity index (χ0) is 19.4. The average molecular weight is 382 g/mol. The van der Waals surface area contributed by atoms with Gasteiger partial charge in [-0.05, 0) is 66.9 Å². The molecule has 5 nitrogen and oxygen atoms in total. The first kappa shape index (κ1) is 18.7. The predicted molar refractivity (Wildman–Crippen MR) is 107 cm³/mol. The number of hydrogen-bond donors (Lipinski definition) is 2. The molecule has 0 unspecified atom stereocenters. The van der Waals surface area contributed by atoms with Crippen molar-refractivity contribution in [3.05, 3.63) is 82.0 Å². The van der Waals surface area contributed by atoms with E-state index in [0.29, 0.717) is 17.9 Å². The van der Waals surface area contributed by atoms with Crippen LogP contribution in [0.5, 0.6) is 11.5 Å². The molecule has 1 heterocycles. The Kier molecular flexibility index (Phi) is 5.62. The van der Waals surface area contributed by atoms with Crippen LogP contribution in [0, 0.1) is 13.8 Å². The maximum absolute atomic E-state index is 12.2. The van der Waals surface area contributed by atoms with Crippen LogP contribution in [-0.2, 0) is 6.54 Å². The van der Waals surface area contributed by atoms with Crippen molar-refractivity contribution in [2.45, 2.75) is 20.4 Å². The topological polar surface area (TPSA) is 77.2 Å². The van der Waals surface area contributed by atoms with Gasteiger partial charge < -0.3 is 15.8 Å². The van der Waals surface area contributed by atoms with Crippen molar-refractivity contribution in [3.8, 4) is 11.5 Å². The Morgan fingerprint density at radius 3 is 2.41 bits per heavy atom. The second kappa shape index (κ2) is 8.10. The number of hydrogen-bond acceptors (Lipinski definition) is 4. The van der Waals surface area contributed by atoms with Gasteiger partial charge in [-0.3, -0.25) is 4.79 Å². The van der Waals surface area contributed by atoms with Crippen LogP contribution in [0.2, 0.25) is 5.02 Å². The maximum atomic E-state index is 12.2. The normalized spacial score (nSPS) is 10.5. The molecule has 0 aliphatic heterocycles. The van der Waals surface area contributed by atoms with Crippen molar-refractivity contribution in [2.24, 2.45) is 0 Å². The van der Waals surface area contributed by atoms with Crippen molar-refractivity contribution in [2.75, 3.05) is 5.73 Å². The molecule has 0 aliphatic rings. The molecule has 0 fully saturated rings. The molecule has 6 heteroatoms. The van der Waals surface area contributed by atoms with E-state index in [9.17, 15) is 4.79 Å². The summed E-state index contributed by atoms with van der Waals surface area (Å²) < 4.78 is 5.89. The lowest BCUT2D eigenvalue weighted by molar-refractivity contribution is 0.0951. The standard InChI is InChI=1S/C21H20ClN3O2/c1-13-10-17(11-14(2)19(13)22)27-16-7-5-15(6-8-16)12-25-21(26)18-4-3-9-24-20(18)23/h3-11H,12H2,1-2H3,(H2,23,24)(H,25,26). The number of carbonyl (C=O) groups excluding carboxylic acids is 1. The van der Waals surface area contributed by atoms with Crippen LogP contribution < -0.4 is 15.8 Å². The third kappa shape index (κ3) is 4.57. The minimum absolute atomic E-state index is 0.215. The number of rotatable bonds is 5. The quantitative estimate of drug-likeness (QED) is 0.674. The van der Waals surface area contributed by atoms with Crippen molar-refractivity contribution in [3.63, 3.8) is 0 Å². The van der Waals surface area contributed by atoms with Crippen LogP contribution in [0.15, 0.2) is 54.7 Å². The fraction of sp³-hybridized carbons (Fsp3) is 0.143. The Hall–Kier alpha value is -3.05. The summed E-state index contributed by atoms with van der Waals surface area (Å²) in [5, 5.41) is 3.58. The van der Waals surface area contributed by atoms with Gasteiger partial charge in [0.1, 0.15) is 17.3 Å². The number of anilines is 1. The van der Waals surface area contributed by atoms with E-state index in [1.807, 2.05) is 50.2 Å². The monoisotopic (exact) mass is 381 g/mol. The van der Waals surface area contributed by atoms with Gasteiger partial charge in [-0.1, -0.05) is 23.7 Å².